The molecule has 0 bridgehead atoms. The standard InChI is InChI=1S/C13H18N6OS/c1-9(2)11-17-18-13(21)19(11)8-7-15-12(20)16-10-5-3-4-6-14-10/h3-6,9H,7-8H2,1-2H3,(H,18,21)(H2,14,15,16,20). The highest BCUT2D eigenvalue weighted by atomic mass is 32.1. The molecule has 7 nitrogen and oxygen atoms in total. The molecule has 2 aromatic rings. The van der Waals surface area contributed by atoms with Gasteiger partial charge in [-0.2, -0.15) is 5.10 Å². The maximum atomic E-state index is 11.7. The normalized spacial score (nSPS) is 10.6. The second-order valence-corrected chi connectivity index (χ2v) is 5.18. The largest absolute Gasteiger partial charge is 0.336 e. The van der Waals surface area contributed by atoms with Gasteiger partial charge in [-0.05, 0) is 24.4 Å². The number of pyridine rings is 1. The first kappa shape index (κ1) is 15.2. The number of H-pyrrole nitrogens is 1. The van der Waals surface area contributed by atoms with Gasteiger partial charge in [-0.3, -0.25) is 10.4 Å². The van der Waals surface area contributed by atoms with Gasteiger partial charge in [0.05, 0.1) is 0 Å². The van der Waals surface area contributed by atoms with E-state index in [1.54, 1.807) is 18.3 Å². The third-order valence-corrected chi connectivity index (χ3v) is 3.14. The zero-order chi connectivity index (χ0) is 15.2. The molecular weight excluding hydrogens is 288 g/mol. The van der Waals surface area contributed by atoms with Crippen molar-refractivity contribution in [1.29, 1.82) is 0 Å². The molecule has 0 unspecified atom stereocenters. The van der Waals surface area contributed by atoms with E-state index in [1.165, 1.54) is 0 Å². The Balaban J connectivity index is 1.86. The Hall–Kier alpha value is -2.22. The third kappa shape index (κ3) is 4.12. The maximum Gasteiger partial charge on any atom is 0.320 e. The number of rotatable bonds is 5. The topological polar surface area (TPSA) is 87.6 Å². The number of nitrogens with one attached hydrogen (secondary N) is 3. The maximum absolute atomic E-state index is 11.7. The Morgan fingerprint density at radius 3 is 2.95 bits per heavy atom. The molecule has 2 rings (SSSR count). The number of anilines is 1. The Morgan fingerprint density at radius 2 is 2.29 bits per heavy atom. The molecule has 0 aliphatic heterocycles. The van der Waals surface area contributed by atoms with Gasteiger partial charge in [0.2, 0.25) is 0 Å². The van der Waals surface area contributed by atoms with Gasteiger partial charge in [-0.1, -0.05) is 19.9 Å². The average molecular weight is 306 g/mol. The van der Waals surface area contributed by atoms with Gasteiger partial charge >= 0.3 is 6.03 Å². The van der Waals surface area contributed by atoms with Crippen molar-refractivity contribution in [3.05, 3.63) is 35.0 Å². The summed E-state index contributed by atoms with van der Waals surface area (Å²) in [6.07, 6.45) is 1.62. The Bertz CT molecular complexity index is 648. The van der Waals surface area contributed by atoms with E-state index in [0.717, 1.165) is 5.82 Å². The lowest BCUT2D eigenvalue weighted by molar-refractivity contribution is 0.251. The van der Waals surface area contributed by atoms with Crippen molar-refractivity contribution in [1.82, 2.24) is 25.1 Å². The molecular formula is C13H18N6OS. The SMILES string of the molecule is CC(C)c1n[nH]c(=S)n1CCNC(=O)Nc1ccccn1. The van der Waals surface area contributed by atoms with E-state index >= 15 is 0 Å². The smallest absolute Gasteiger partial charge is 0.320 e. The van der Waals surface area contributed by atoms with Crippen molar-refractivity contribution in [2.24, 2.45) is 0 Å². The molecule has 0 atom stereocenters. The number of aromatic amines is 1. The minimum absolute atomic E-state index is 0.264. The van der Waals surface area contributed by atoms with E-state index in [9.17, 15) is 4.79 Å². The molecule has 0 spiro atoms. The monoisotopic (exact) mass is 306 g/mol. The molecule has 0 fully saturated rings. The highest BCUT2D eigenvalue weighted by Crippen LogP contribution is 2.10. The quantitative estimate of drug-likeness (QED) is 0.740. The lowest BCUT2D eigenvalue weighted by Gasteiger charge is -2.10. The summed E-state index contributed by atoms with van der Waals surface area (Å²) in [5.41, 5.74) is 0. The minimum Gasteiger partial charge on any atom is -0.336 e. The summed E-state index contributed by atoms with van der Waals surface area (Å²) < 4.78 is 2.45. The lowest BCUT2D eigenvalue weighted by Crippen LogP contribution is -2.32. The summed E-state index contributed by atoms with van der Waals surface area (Å²) in [6.45, 7) is 5.11. The molecule has 3 N–H and O–H groups in total. The van der Waals surface area contributed by atoms with Crippen LogP contribution in [0.4, 0.5) is 10.6 Å². The van der Waals surface area contributed by atoms with Gasteiger partial charge in [0.15, 0.2) is 4.77 Å². The zero-order valence-corrected chi connectivity index (χ0v) is 12.8. The first-order valence-electron chi connectivity index (χ1n) is 6.69. The number of amides is 2. The van der Waals surface area contributed by atoms with Gasteiger partial charge < -0.3 is 9.88 Å². The Morgan fingerprint density at radius 1 is 1.48 bits per heavy atom. The van der Waals surface area contributed by atoms with E-state index in [1.807, 2.05) is 24.5 Å². The van der Waals surface area contributed by atoms with Crippen molar-refractivity contribution in [3.8, 4) is 0 Å². The first-order valence-corrected chi connectivity index (χ1v) is 7.09. The minimum atomic E-state index is -0.296. The van der Waals surface area contributed by atoms with E-state index < -0.39 is 0 Å². The molecule has 0 aliphatic carbocycles. The highest BCUT2D eigenvalue weighted by Gasteiger charge is 2.10. The van der Waals surface area contributed by atoms with Crippen LogP contribution in [0, 0.1) is 4.77 Å². The summed E-state index contributed by atoms with van der Waals surface area (Å²) in [5, 5.41) is 12.4. The molecule has 2 amide bonds. The molecule has 0 aromatic carbocycles. The van der Waals surface area contributed by atoms with Gasteiger partial charge in [-0.15, -0.1) is 0 Å². The molecule has 0 aliphatic rings. The summed E-state index contributed by atoms with van der Waals surface area (Å²) in [7, 11) is 0. The van der Waals surface area contributed by atoms with Crippen LogP contribution in [0.2, 0.25) is 0 Å². The van der Waals surface area contributed by atoms with Crippen LogP contribution in [-0.2, 0) is 6.54 Å². The fraction of sp³-hybridized carbons (Fsp3) is 0.385. The van der Waals surface area contributed by atoms with Crippen molar-refractivity contribution in [2.45, 2.75) is 26.3 Å². The number of hydrogen-bond donors (Lipinski definition) is 3. The second-order valence-electron chi connectivity index (χ2n) is 4.79. The lowest BCUT2D eigenvalue weighted by atomic mass is 10.2. The van der Waals surface area contributed by atoms with Crippen LogP contribution in [-0.4, -0.2) is 32.3 Å². The molecule has 112 valence electrons. The van der Waals surface area contributed by atoms with Crippen molar-refractivity contribution in [3.63, 3.8) is 0 Å². The molecule has 0 radical (unpaired) electrons. The number of carbonyl (C=O) groups excluding carboxylic acids is 1. The zero-order valence-electron chi connectivity index (χ0n) is 12.0. The average Bonchev–Trinajstić information content (AvgIpc) is 2.81. The molecule has 0 saturated carbocycles. The fourth-order valence-corrected chi connectivity index (χ4v) is 2.10. The predicted molar refractivity (Wildman–Crippen MR) is 82.8 cm³/mol. The van der Waals surface area contributed by atoms with Gasteiger partial charge in [0.25, 0.3) is 0 Å². The summed E-state index contributed by atoms with van der Waals surface area (Å²) in [6, 6.07) is 5.03. The first-order chi connectivity index (χ1) is 10.1. The van der Waals surface area contributed by atoms with E-state index in [4.69, 9.17) is 12.2 Å². The number of hydrogen-bond acceptors (Lipinski definition) is 4. The molecule has 0 saturated heterocycles. The second kappa shape index (κ2) is 6.98. The van der Waals surface area contributed by atoms with Crippen LogP contribution in [0.3, 0.4) is 0 Å². The van der Waals surface area contributed by atoms with Gasteiger partial charge in [0, 0.05) is 25.2 Å². The third-order valence-electron chi connectivity index (χ3n) is 2.83. The van der Waals surface area contributed by atoms with Crippen molar-refractivity contribution < 1.29 is 4.79 Å². The number of urea groups is 1. The number of nitrogens with zero attached hydrogens (tertiary/aromatic N) is 3. The molecule has 2 aromatic heterocycles. The van der Waals surface area contributed by atoms with Crippen LogP contribution in [0.25, 0.3) is 0 Å². The van der Waals surface area contributed by atoms with Gasteiger partial charge in [0.1, 0.15) is 11.6 Å². The number of carbonyl (C=O) groups is 1. The van der Waals surface area contributed by atoms with Crippen LogP contribution >= 0.6 is 12.2 Å². The van der Waals surface area contributed by atoms with E-state index in [0.29, 0.717) is 23.7 Å². The van der Waals surface area contributed by atoms with Crippen LogP contribution < -0.4 is 10.6 Å². The van der Waals surface area contributed by atoms with Crippen molar-refractivity contribution >= 4 is 24.1 Å². The van der Waals surface area contributed by atoms with Crippen LogP contribution in [0.15, 0.2) is 24.4 Å². The summed E-state index contributed by atoms with van der Waals surface area (Å²) >= 11 is 5.18. The van der Waals surface area contributed by atoms with E-state index in [2.05, 4.69) is 25.8 Å². The van der Waals surface area contributed by atoms with Crippen molar-refractivity contribution in [2.75, 3.05) is 11.9 Å². The summed E-state index contributed by atoms with van der Waals surface area (Å²) in [4.78, 5) is 15.7. The van der Waals surface area contributed by atoms with Gasteiger partial charge in [-0.25, -0.2) is 9.78 Å². The van der Waals surface area contributed by atoms with Crippen LogP contribution in [0.5, 0.6) is 0 Å². The van der Waals surface area contributed by atoms with Crippen LogP contribution in [0.1, 0.15) is 25.6 Å². The number of aromatic nitrogens is 4. The predicted octanol–water partition coefficient (Wildman–Crippen LogP) is 2.28. The Labute approximate surface area is 127 Å². The molecule has 2 heterocycles. The fourth-order valence-electron chi connectivity index (χ4n) is 1.87. The van der Waals surface area contributed by atoms with E-state index in [-0.39, 0.29) is 11.9 Å². The molecule has 8 heteroatoms. The highest BCUT2D eigenvalue weighted by molar-refractivity contribution is 7.71. The summed E-state index contributed by atoms with van der Waals surface area (Å²) in [5.74, 6) is 1.66. The Kier molecular flexibility index (Phi) is 5.04. The molecule has 21 heavy (non-hydrogen) atoms.